The Morgan fingerprint density at radius 2 is 0.948 bits per heavy atom. The molecule has 3 aliphatic carbocycles. The van der Waals surface area contributed by atoms with Crippen LogP contribution in [0.4, 0.5) is 34.1 Å². The van der Waals surface area contributed by atoms with Crippen molar-refractivity contribution in [3.05, 3.63) is 228 Å². The molecular formula is C53H42N12O12. The number of hydrogen-bond donors (Lipinski definition) is 4. The molecule has 8 bridgehead atoms. The number of rotatable bonds is 13. The van der Waals surface area contributed by atoms with E-state index in [-0.39, 0.29) is 170 Å². The number of allylic oxidation sites excluding steroid dienone is 7. The summed E-state index contributed by atoms with van der Waals surface area (Å²) in [6.07, 6.45) is 13.0. The van der Waals surface area contributed by atoms with Crippen molar-refractivity contribution in [3.63, 3.8) is 0 Å². The van der Waals surface area contributed by atoms with Crippen LogP contribution in [0.25, 0.3) is 0 Å². The van der Waals surface area contributed by atoms with Crippen molar-refractivity contribution in [3.8, 4) is 35.3 Å². The molecule has 0 saturated carbocycles. The summed E-state index contributed by atoms with van der Waals surface area (Å²) in [5.41, 5.74) is 2.71. The number of azo groups is 4. The second-order valence-corrected chi connectivity index (χ2v) is 17.6. The minimum atomic E-state index is -0.679. The number of phenols is 4. The predicted molar refractivity (Wildman–Crippen MR) is 277 cm³/mol. The molecule has 0 heterocycles. The molecule has 5 aromatic carbocycles. The molecule has 8 rings (SSSR count). The highest BCUT2D eigenvalue weighted by molar-refractivity contribution is 5.62. The lowest BCUT2D eigenvalue weighted by atomic mass is 9.91. The van der Waals surface area contributed by atoms with E-state index in [4.69, 9.17) is 6.42 Å². The van der Waals surface area contributed by atoms with Gasteiger partial charge in [0.15, 0.2) is 0 Å². The molecule has 0 spiro atoms. The second-order valence-electron chi connectivity index (χ2n) is 17.6. The topological polar surface area (TPSA) is 352 Å². The van der Waals surface area contributed by atoms with Crippen LogP contribution in [-0.2, 0) is 32.1 Å². The van der Waals surface area contributed by atoms with Crippen LogP contribution in [0.2, 0.25) is 0 Å². The SMILES string of the molecule is C#C/C=C(\C=C(/C)N=Nc1cc2c(O)c(c1)Cc1cc(N=NC3=CC([N+](=O)[O-])=CC3)cc(c1O)Cc1cc(N=NC3=CC([N+](=O)[O-])=CC3)cc(c1O)Cc1cc(N=Nc3cccc([N+](=O)[O-])c3)cc(c1O)CCC2)[N+](=O)[O-]. The van der Waals surface area contributed by atoms with Crippen LogP contribution in [0.15, 0.2) is 184 Å². The molecule has 77 heavy (non-hydrogen) atoms. The molecule has 24 heteroatoms. The highest BCUT2D eigenvalue weighted by Gasteiger charge is 2.23. The second kappa shape index (κ2) is 23.0. The van der Waals surface area contributed by atoms with Crippen LogP contribution in [0.1, 0.15) is 70.7 Å². The van der Waals surface area contributed by atoms with Crippen molar-refractivity contribution in [1.82, 2.24) is 0 Å². The van der Waals surface area contributed by atoms with Gasteiger partial charge < -0.3 is 20.4 Å². The van der Waals surface area contributed by atoms with Crippen molar-refractivity contribution < 1.29 is 40.1 Å². The van der Waals surface area contributed by atoms with Gasteiger partial charge in [0, 0.05) is 95.8 Å². The number of terminal acetylenes is 1. The first kappa shape index (κ1) is 52.6. The molecule has 0 aliphatic heterocycles. The number of nitro benzene ring substituents is 1. The first-order valence-corrected chi connectivity index (χ1v) is 23.3. The van der Waals surface area contributed by atoms with Crippen LogP contribution in [0.5, 0.6) is 23.0 Å². The number of benzene rings is 5. The Labute approximate surface area is 435 Å². The maximum Gasteiger partial charge on any atom is 0.279 e. The number of non-ortho nitro benzene ring substituents is 1. The molecule has 0 atom stereocenters. The summed E-state index contributed by atoms with van der Waals surface area (Å²) >= 11 is 0. The summed E-state index contributed by atoms with van der Waals surface area (Å²) in [5.74, 6) is 1.19. The summed E-state index contributed by atoms with van der Waals surface area (Å²) in [5, 5.41) is 129. The standard InChI is InChI=1S/C53H42N12O12/c1-3-6-46(62(70)71)15-30(2)54-58-42-19-31-7-4-8-32-20-43(59-55-39-9-5-10-47(27-39)63(72)73)22-34(51(32)67)17-36-24-45(61-57-41-12-14-49(29-41)65(76)77)26-38(53(36)69)18-37-25-44(60-56-40-11-13-48(28-40)64(74)75)23-35(52(37)68)16-33(21-42)50(31)66/h1,5-6,9-10,13-15,19-29,66-69H,4,7-8,11-12,16-18H2,2H3/b30-15+,46-6+,58-54?,59-55?,60-56?,61-57?. The van der Waals surface area contributed by atoms with Gasteiger partial charge in [-0.2, -0.15) is 40.9 Å². The average molecular weight is 1040 g/mol. The number of nitrogens with zero attached hydrogens (tertiary/aromatic N) is 12. The number of aromatic hydroxyl groups is 4. The smallest absolute Gasteiger partial charge is 0.279 e. The molecule has 386 valence electrons. The highest BCUT2D eigenvalue weighted by Crippen LogP contribution is 2.42. The lowest BCUT2D eigenvalue weighted by Crippen LogP contribution is -2.01. The fourth-order valence-corrected chi connectivity index (χ4v) is 8.50. The minimum Gasteiger partial charge on any atom is -0.507 e. The van der Waals surface area contributed by atoms with Crippen LogP contribution in [0, 0.1) is 52.8 Å². The van der Waals surface area contributed by atoms with Gasteiger partial charge in [0.1, 0.15) is 23.0 Å². The van der Waals surface area contributed by atoms with E-state index in [2.05, 4.69) is 46.8 Å². The highest BCUT2D eigenvalue weighted by atomic mass is 16.6. The third-order valence-electron chi connectivity index (χ3n) is 12.2. The third-order valence-corrected chi connectivity index (χ3v) is 12.2. The zero-order valence-electron chi connectivity index (χ0n) is 40.5. The van der Waals surface area contributed by atoms with Gasteiger partial charge in [-0.1, -0.05) is 12.0 Å². The molecular weight excluding hydrogens is 997 g/mol. The van der Waals surface area contributed by atoms with Gasteiger partial charge in [-0.25, -0.2) is 0 Å². The maximum atomic E-state index is 12.2. The van der Waals surface area contributed by atoms with E-state index in [9.17, 15) is 60.9 Å². The molecule has 24 nitrogen and oxygen atoms in total. The summed E-state index contributed by atoms with van der Waals surface area (Å²) in [6.45, 7) is 1.47. The molecule has 0 amide bonds. The molecule has 0 saturated heterocycles. The van der Waals surface area contributed by atoms with Crippen LogP contribution < -0.4 is 0 Å². The van der Waals surface area contributed by atoms with Crippen molar-refractivity contribution in [2.75, 3.05) is 0 Å². The largest absolute Gasteiger partial charge is 0.507 e. The Morgan fingerprint density at radius 1 is 0.545 bits per heavy atom. The van der Waals surface area contributed by atoms with Crippen LogP contribution in [-0.4, -0.2) is 40.1 Å². The van der Waals surface area contributed by atoms with E-state index < -0.39 is 25.4 Å². The Hall–Kier alpha value is -10.7. The molecule has 4 N–H and O–H groups in total. The number of phenolic OH excluding ortho intramolecular Hbond substituents is 4. The zero-order valence-corrected chi connectivity index (χ0v) is 40.5. The normalized spacial score (nSPS) is 15.0. The molecule has 0 fully saturated rings. The zero-order chi connectivity index (χ0) is 54.9. The van der Waals surface area contributed by atoms with Crippen LogP contribution in [0.3, 0.4) is 0 Å². The molecule has 0 aromatic heterocycles. The van der Waals surface area contributed by atoms with E-state index in [1.807, 2.05) is 0 Å². The first-order valence-electron chi connectivity index (χ1n) is 23.3. The van der Waals surface area contributed by atoms with E-state index in [0.717, 1.165) is 12.2 Å². The van der Waals surface area contributed by atoms with Gasteiger partial charge in [0.05, 0.1) is 71.3 Å². The molecule has 0 unspecified atom stereocenters. The van der Waals surface area contributed by atoms with Crippen molar-refractivity contribution in [1.29, 1.82) is 0 Å². The quantitative estimate of drug-likeness (QED) is 0.0281. The number of aryl methyl sites for hydroxylation is 2. The fraction of sp³-hybridized carbons (Fsp3) is 0.170. The average Bonchev–Trinajstić information content (AvgIpc) is 4.10. The first-order chi connectivity index (χ1) is 36.9. The third kappa shape index (κ3) is 12.9. The molecule has 3 aliphatic rings. The summed E-state index contributed by atoms with van der Waals surface area (Å²) in [6, 6.07) is 17.7. The molecule has 0 radical (unpaired) electrons. The van der Waals surface area contributed by atoms with E-state index >= 15 is 0 Å². The Balaban J connectivity index is 1.30. The van der Waals surface area contributed by atoms with Crippen molar-refractivity contribution in [2.24, 2.45) is 40.9 Å². The number of hydrogen-bond acceptors (Lipinski definition) is 20. The van der Waals surface area contributed by atoms with Gasteiger partial charge in [0.25, 0.3) is 22.8 Å². The van der Waals surface area contributed by atoms with Crippen molar-refractivity contribution >= 4 is 34.1 Å². The summed E-state index contributed by atoms with van der Waals surface area (Å²) in [7, 11) is 0. The van der Waals surface area contributed by atoms with Gasteiger partial charge in [-0.05, 0) is 104 Å². The summed E-state index contributed by atoms with van der Waals surface area (Å²) in [4.78, 5) is 43.7. The van der Waals surface area contributed by atoms with Crippen LogP contribution >= 0.6 is 0 Å². The fourth-order valence-electron chi connectivity index (χ4n) is 8.50. The Kier molecular flexibility index (Phi) is 15.7. The number of nitro groups is 4. The number of fused-ring (bicyclic) bond motifs is 8. The summed E-state index contributed by atoms with van der Waals surface area (Å²) < 4.78 is 0. The van der Waals surface area contributed by atoms with E-state index in [1.54, 1.807) is 12.1 Å². The van der Waals surface area contributed by atoms with E-state index in [0.29, 0.717) is 11.1 Å². The maximum absolute atomic E-state index is 12.2. The Bertz CT molecular complexity index is 3690. The lowest BCUT2D eigenvalue weighted by Gasteiger charge is -2.18. The van der Waals surface area contributed by atoms with Gasteiger partial charge in [0.2, 0.25) is 0 Å². The predicted octanol–water partition coefficient (Wildman–Crippen LogP) is 12.9. The monoisotopic (exact) mass is 1040 g/mol. The molecule has 5 aromatic rings. The van der Waals surface area contributed by atoms with Crippen molar-refractivity contribution in [2.45, 2.75) is 58.3 Å². The van der Waals surface area contributed by atoms with Gasteiger partial charge >= 0.3 is 0 Å². The minimum absolute atomic E-state index is 0.112. The lowest BCUT2D eigenvalue weighted by molar-refractivity contribution is -0.419. The van der Waals surface area contributed by atoms with Gasteiger partial charge in [-0.15, -0.1) is 6.42 Å². The Morgan fingerprint density at radius 3 is 1.35 bits per heavy atom. The van der Waals surface area contributed by atoms with E-state index in [1.165, 1.54) is 91.9 Å². The van der Waals surface area contributed by atoms with Gasteiger partial charge in [-0.3, -0.25) is 40.5 Å².